The largest absolute Gasteiger partial charge is 0.480 e. The molecule has 5 aromatic carbocycles. The van der Waals surface area contributed by atoms with Gasteiger partial charge in [-0.15, -0.1) is 0 Å². The maximum absolute atomic E-state index is 13.8. The fraction of sp³-hybridized carbons (Fsp3) is 0.175. The van der Waals surface area contributed by atoms with Crippen molar-refractivity contribution in [3.8, 4) is 22.3 Å². The van der Waals surface area contributed by atoms with E-state index in [0.717, 1.165) is 27.8 Å². The van der Waals surface area contributed by atoms with Gasteiger partial charge in [-0.25, -0.2) is 4.79 Å². The number of nitro groups is 1. The lowest BCUT2D eigenvalue weighted by Gasteiger charge is -2.19. The van der Waals surface area contributed by atoms with Crippen LogP contribution in [0.3, 0.4) is 0 Å². The first-order valence-corrected chi connectivity index (χ1v) is 15.8. The predicted octanol–water partition coefficient (Wildman–Crippen LogP) is 8.21. The van der Waals surface area contributed by atoms with E-state index in [2.05, 4.69) is 37.5 Å². The van der Waals surface area contributed by atoms with E-state index in [-0.39, 0.29) is 28.8 Å². The van der Waals surface area contributed by atoms with Gasteiger partial charge < -0.3 is 15.7 Å². The summed E-state index contributed by atoms with van der Waals surface area (Å²) in [6.45, 7) is 8.24. The molecule has 49 heavy (non-hydrogen) atoms. The fourth-order valence-corrected chi connectivity index (χ4v) is 5.44. The topological polar surface area (TPSA) is 139 Å². The number of hydrogen-bond acceptors (Lipinski definition) is 5. The molecule has 248 valence electrons. The zero-order valence-corrected chi connectivity index (χ0v) is 27.7. The highest BCUT2D eigenvalue weighted by Crippen LogP contribution is 2.29. The highest BCUT2D eigenvalue weighted by atomic mass is 16.6. The third-order valence-electron chi connectivity index (χ3n) is 8.29. The predicted molar refractivity (Wildman–Crippen MR) is 191 cm³/mol. The summed E-state index contributed by atoms with van der Waals surface area (Å²) in [5.74, 6) is -2.36. The van der Waals surface area contributed by atoms with E-state index in [1.54, 1.807) is 36.4 Å². The van der Waals surface area contributed by atoms with E-state index in [4.69, 9.17) is 0 Å². The van der Waals surface area contributed by atoms with E-state index in [9.17, 15) is 29.6 Å². The number of nitrogens with one attached hydrogen (secondary N) is 2. The molecule has 9 nitrogen and oxygen atoms in total. The molecular weight excluding hydrogens is 618 g/mol. The summed E-state index contributed by atoms with van der Waals surface area (Å²) in [6.07, 6.45) is 0.0268. The first-order chi connectivity index (χ1) is 23.3. The summed E-state index contributed by atoms with van der Waals surface area (Å²) < 4.78 is 0. The Hall–Kier alpha value is -6.09. The number of benzene rings is 5. The number of aliphatic carboxylic acids is 1. The number of non-ortho nitro benzene ring substituents is 1. The molecule has 0 aliphatic heterocycles. The zero-order chi connectivity index (χ0) is 35.3. The maximum atomic E-state index is 13.8. The van der Waals surface area contributed by atoms with Crippen LogP contribution < -0.4 is 10.6 Å². The Kier molecular flexibility index (Phi) is 10.0. The Morgan fingerprint density at radius 1 is 0.755 bits per heavy atom. The Bertz CT molecular complexity index is 2010. The van der Waals surface area contributed by atoms with E-state index < -0.39 is 28.7 Å². The molecule has 0 saturated carbocycles. The lowest BCUT2D eigenvalue weighted by atomic mass is 9.86. The minimum absolute atomic E-state index is 0.0268. The number of carbonyl (C=O) groups excluding carboxylic acids is 2. The average molecular weight is 656 g/mol. The molecule has 0 unspecified atom stereocenters. The Morgan fingerprint density at radius 2 is 1.35 bits per heavy atom. The van der Waals surface area contributed by atoms with Gasteiger partial charge in [0.25, 0.3) is 17.5 Å². The van der Waals surface area contributed by atoms with Gasteiger partial charge in [0.05, 0.1) is 16.2 Å². The van der Waals surface area contributed by atoms with Crippen molar-refractivity contribution < 1.29 is 24.4 Å². The Morgan fingerprint density at radius 3 is 1.92 bits per heavy atom. The molecule has 0 heterocycles. The highest BCUT2D eigenvalue weighted by molar-refractivity contribution is 6.10. The van der Waals surface area contributed by atoms with Crippen LogP contribution in [0.25, 0.3) is 22.3 Å². The number of nitrogens with zero attached hydrogens (tertiary/aromatic N) is 1. The van der Waals surface area contributed by atoms with Crippen molar-refractivity contribution in [1.29, 1.82) is 0 Å². The molecule has 0 aliphatic rings. The SMILES string of the molecule is Cc1cccc(-c2ccc(C[C@H](NC(=O)c3cc(-c4ccc([N+](=O)[O-])cc4)ccc3NC(=O)c3ccc(C(C)(C)C)cc3)C(=O)O)cc2)c1. The van der Waals surface area contributed by atoms with E-state index in [0.29, 0.717) is 16.7 Å². The molecule has 0 radical (unpaired) electrons. The molecule has 9 heteroatoms. The number of carboxylic acids is 1. The van der Waals surface area contributed by atoms with E-state index in [1.807, 2.05) is 61.5 Å². The van der Waals surface area contributed by atoms with Gasteiger partial charge in [0.15, 0.2) is 0 Å². The third kappa shape index (κ3) is 8.44. The van der Waals surface area contributed by atoms with Crippen molar-refractivity contribution in [3.63, 3.8) is 0 Å². The number of hydrogen-bond donors (Lipinski definition) is 3. The Labute approximate surface area is 284 Å². The van der Waals surface area contributed by atoms with Gasteiger partial charge in [-0.1, -0.05) is 93.1 Å². The van der Waals surface area contributed by atoms with Crippen LogP contribution in [0.5, 0.6) is 0 Å². The number of aryl methyl sites for hydroxylation is 1. The second kappa shape index (κ2) is 14.4. The molecule has 5 aromatic rings. The standard InChI is InChI=1S/C40H37N3O6/c1-25-6-5-7-30(22-25)27-10-8-26(9-11-27)23-36(39(46)47)42-38(45)34-24-31(28-14-19-33(20-15-28)43(48)49)16-21-35(34)41-37(44)29-12-17-32(18-13-29)40(2,3)4/h5-22,24,36H,23H2,1-4H3,(H,41,44)(H,42,45)(H,46,47)/t36-/m0/s1. The molecule has 0 spiro atoms. The average Bonchev–Trinajstić information content (AvgIpc) is 3.08. The number of carboxylic acid groups (broad SMARTS) is 1. The summed E-state index contributed by atoms with van der Waals surface area (Å²) in [5, 5.41) is 26.7. The molecule has 5 rings (SSSR count). The lowest BCUT2D eigenvalue weighted by Crippen LogP contribution is -2.42. The second-order valence-corrected chi connectivity index (χ2v) is 13.0. The van der Waals surface area contributed by atoms with Crippen molar-refractivity contribution in [2.75, 3.05) is 5.32 Å². The number of amides is 2. The van der Waals surface area contributed by atoms with Gasteiger partial charge in [-0.2, -0.15) is 0 Å². The van der Waals surface area contributed by atoms with Gasteiger partial charge >= 0.3 is 5.97 Å². The van der Waals surface area contributed by atoms with E-state index in [1.165, 1.54) is 18.2 Å². The quantitative estimate of drug-likeness (QED) is 0.102. The first kappa shape index (κ1) is 34.3. The molecule has 0 aliphatic carbocycles. The lowest BCUT2D eigenvalue weighted by molar-refractivity contribution is -0.384. The van der Waals surface area contributed by atoms with Crippen LogP contribution in [0.1, 0.15) is 58.2 Å². The van der Waals surface area contributed by atoms with Crippen LogP contribution >= 0.6 is 0 Å². The van der Waals surface area contributed by atoms with Crippen molar-refractivity contribution >= 4 is 29.2 Å². The smallest absolute Gasteiger partial charge is 0.326 e. The summed E-state index contributed by atoms with van der Waals surface area (Å²) in [7, 11) is 0. The molecule has 1 atom stereocenters. The summed E-state index contributed by atoms with van der Waals surface area (Å²) >= 11 is 0. The molecule has 0 saturated heterocycles. The van der Waals surface area contributed by atoms with Crippen molar-refractivity contribution in [3.05, 3.63) is 153 Å². The van der Waals surface area contributed by atoms with Gasteiger partial charge in [-0.3, -0.25) is 19.7 Å². The van der Waals surface area contributed by atoms with Crippen LogP contribution in [0.4, 0.5) is 11.4 Å². The number of rotatable bonds is 10. The summed E-state index contributed by atoms with van der Waals surface area (Å²) in [6, 6.07) is 32.1. The zero-order valence-electron chi connectivity index (χ0n) is 27.7. The first-order valence-electron chi connectivity index (χ1n) is 15.8. The van der Waals surface area contributed by atoms with Crippen LogP contribution in [0.2, 0.25) is 0 Å². The van der Waals surface area contributed by atoms with Crippen molar-refractivity contribution in [2.24, 2.45) is 0 Å². The normalized spacial score (nSPS) is 11.8. The van der Waals surface area contributed by atoms with Crippen LogP contribution in [-0.2, 0) is 16.6 Å². The highest BCUT2D eigenvalue weighted by Gasteiger charge is 2.24. The van der Waals surface area contributed by atoms with Crippen molar-refractivity contribution in [2.45, 2.75) is 45.6 Å². The minimum atomic E-state index is -1.27. The molecular formula is C40H37N3O6. The minimum Gasteiger partial charge on any atom is -0.480 e. The van der Waals surface area contributed by atoms with Gasteiger partial charge in [0.1, 0.15) is 6.04 Å². The monoisotopic (exact) mass is 655 g/mol. The molecule has 0 fully saturated rings. The summed E-state index contributed by atoms with van der Waals surface area (Å²) in [5.41, 5.74) is 6.50. The number of anilines is 1. The van der Waals surface area contributed by atoms with Crippen molar-refractivity contribution in [1.82, 2.24) is 5.32 Å². The van der Waals surface area contributed by atoms with E-state index >= 15 is 0 Å². The van der Waals surface area contributed by atoms with Gasteiger partial charge in [0.2, 0.25) is 0 Å². The second-order valence-electron chi connectivity index (χ2n) is 13.0. The van der Waals surface area contributed by atoms with Gasteiger partial charge in [0, 0.05) is 24.1 Å². The number of carbonyl (C=O) groups is 3. The third-order valence-corrected chi connectivity index (χ3v) is 8.29. The Balaban J connectivity index is 1.42. The number of nitro benzene ring substituents is 1. The van der Waals surface area contributed by atoms with Gasteiger partial charge in [-0.05, 0) is 82.1 Å². The summed E-state index contributed by atoms with van der Waals surface area (Å²) in [4.78, 5) is 50.2. The van der Waals surface area contributed by atoms with Crippen LogP contribution in [-0.4, -0.2) is 33.9 Å². The molecule has 3 N–H and O–H groups in total. The maximum Gasteiger partial charge on any atom is 0.326 e. The molecule has 0 aromatic heterocycles. The van der Waals surface area contributed by atoms with Crippen LogP contribution in [0.15, 0.2) is 115 Å². The molecule has 0 bridgehead atoms. The molecule has 2 amide bonds. The fourth-order valence-electron chi connectivity index (χ4n) is 5.44. The van der Waals surface area contributed by atoms with Crippen LogP contribution in [0, 0.1) is 17.0 Å².